The van der Waals surface area contributed by atoms with Gasteiger partial charge < -0.3 is 4.74 Å². The average molecular weight is 198 g/mol. The molecule has 0 amide bonds. The van der Waals surface area contributed by atoms with E-state index in [4.69, 9.17) is 4.74 Å². The molecule has 0 aromatic rings. The Balaban J connectivity index is 2.96. The summed E-state index contributed by atoms with van der Waals surface area (Å²) in [6.07, 6.45) is 15.1. The van der Waals surface area contributed by atoms with Crippen molar-refractivity contribution in [1.82, 2.24) is 0 Å². The van der Waals surface area contributed by atoms with Gasteiger partial charge in [0.1, 0.15) is 0 Å². The lowest BCUT2D eigenvalue weighted by molar-refractivity contribution is 0.192. The third kappa shape index (κ3) is 11.7. The summed E-state index contributed by atoms with van der Waals surface area (Å²) < 4.78 is 5.00. The lowest BCUT2D eigenvalue weighted by Gasteiger charge is -1.97. The first-order chi connectivity index (χ1) is 6.91. The molecule has 0 bridgehead atoms. The van der Waals surface area contributed by atoms with Gasteiger partial charge in [0.25, 0.3) is 0 Å². The average Bonchev–Trinajstić information content (AvgIpc) is 2.21. The monoisotopic (exact) mass is 198 g/mol. The molecule has 0 rings (SSSR count). The molecule has 0 aromatic heterocycles. The van der Waals surface area contributed by atoms with E-state index in [1.807, 2.05) is 0 Å². The number of hydrogen-bond acceptors (Lipinski definition) is 1. The van der Waals surface area contributed by atoms with Crippen molar-refractivity contribution in [3.8, 4) is 0 Å². The molecule has 0 fully saturated rings. The number of unbranched alkanes of at least 4 members (excludes halogenated alkanes) is 6. The summed E-state index contributed by atoms with van der Waals surface area (Å²) in [5, 5.41) is 0. The van der Waals surface area contributed by atoms with Crippen LogP contribution in [0.15, 0.2) is 12.2 Å². The highest BCUT2D eigenvalue weighted by Crippen LogP contribution is 2.03. The maximum atomic E-state index is 5.00. The molecule has 0 saturated carbocycles. The molecule has 0 heterocycles. The maximum absolute atomic E-state index is 5.00. The van der Waals surface area contributed by atoms with Crippen molar-refractivity contribution < 1.29 is 4.74 Å². The van der Waals surface area contributed by atoms with E-state index >= 15 is 0 Å². The predicted molar refractivity (Wildman–Crippen MR) is 63.6 cm³/mol. The van der Waals surface area contributed by atoms with Crippen LogP contribution in [0.2, 0.25) is 0 Å². The molecule has 0 aliphatic heterocycles. The first-order valence-corrected chi connectivity index (χ1v) is 6.05. The van der Waals surface area contributed by atoms with Gasteiger partial charge in [-0.25, -0.2) is 0 Å². The second-order valence-electron chi connectivity index (χ2n) is 3.81. The Morgan fingerprint density at radius 2 is 1.50 bits per heavy atom. The zero-order valence-electron chi connectivity index (χ0n) is 9.93. The van der Waals surface area contributed by atoms with E-state index in [1.165, 1.54) is 51.4 Å². The fraction of sp³-hybridized carbons (Fsp3) is 0.846. The largest absolute Gasteiger partial charge is 0.385 e. The molecule has 0 spiro atoms. The van der Waals surface area contributed by atoms with Crippen molar-refractivity contribution in [2.45, 2.75) is 58.3 Å². The van der Waals surface area contributed by atoms with E-state index in [2.05, 4.69) is 19.1 Å². The summed E-state index contributed by atoms with van der Waals surface area (Å²) in [5.74, 6) is 0. The van der Waals surface area contributed by atoms with Crippen LogP contribution < -0.4 is 0 Å². The topological polar surface area (TPSA) is 9.23 Å². The lowest BCUT2D eigenvalue weighted by atomic mass is 10.1. The molecule has 84 valence electrons. The highest BCUT2D eigenvalue weighted by atomic mass is 16.5. The standard InChI is InChI=1S/C13H26O/c1-3-4-5-6-7-8-9-10-11-12-13-14-2/h7-8H,3-6,9-13H2,1-2H3. The highest BCUT2D eigenvalue weighted by molar-refractivity contribution is 4.81. The van der Waals surface area contributed by atoms with Crippen molar-refractivity contribution in [3.05, 3.63) is 12.2 Å². The SMILES string of the molecule is CCCCCC=CCCCCCOC. The second kappa shape index (κ2) is 12.7. The summed E-state index contributed by atoms with van der Waals surface area (Å²) in [4.78, 5) is 0. The van der Waals surface area contributed by atoms with Crippen molar-refractivity contribution in [2.24, 2.45) is 0 Å². The molecule has 0 aliphatic rings. The number of allylic oxidation sites excluding steroid dienone is 2. The van der Waals surface area contributed by atoms with Crippen LogP contribution in [0.4, 0.5) is 0 Å². The van der Waals surface area contributed by atoms with E-state index in [1.54, 1.807) is 7.11 Å². The summed E-state index contributed by atoms with van der Waals surface area (Å²) in [6.45, 7) is 3.17. The van der Waals surface area contributed by atoms with E-state index in [0.29, 0.717) is 0 Å². The molecular formula is C13H26O. The Labute approximate surface area is 89.5 Å². The van der Waals surface area contributed by atoms with Gasteiger partial charge in [0.2, 0.25) is 0 Å². The van der Waals surface area contributed by atoms with Crippen LogP contribution in [0.1, 0.15) is 58.3 Å². The van der Waals surface area contributed by atoms with Crippen molar-refractivity contribution in [2.75, 3.05) is 13.7 Å². The molecule has 1 heteroatoms. The fourth-order valence-corrected chi connectivity index (χ4v) is 1.43. The zero-order chi connectivity index (χ0) is 10.5. The molecule has 0 atom stereocenters. The summed E-state index contributed by atoms with van der Waals surface area (Å²) >= 11 is 0. The third-order valence-electron chi connectivity index (χ3n) is 2.36. The Hall–Kier alpha value is -0.300. The molecule has 1 nitrogen and oxygen atoms in total. The first-order valence-electron chi connectivity index (χ1n) is 6.05. The Morgan fingerprint density at radius 1 is 0.857 bits per heavy atom. The zero-order valence-corrected chi connectivity index (χ0v) is 9.93. The minimum absolute atomic E-state index is 0.917. The first kappa shape index (κ1) is 13.7. The van der Waals surface area contributed by atoms with Crippen LogP contribution in [-0.2, 0) is 4.74 Å². The molecule has 0 saturated heterocycles. The van der Waals surface area contributed by atoms with Gasteiger partial charge in [0.05, 0.1) is 0 Å². The lowest BCUT2D eigenvalue weighted by Crippen LogP contribution is -1.87. The van der Waals surface area contributed by atoms with Crippen LogP contribution >= 0.6 is 0 Å². The molecule has 0 radical (unpaired) electrons. The van der Waals surface area contributed by atoms with E-state index in [0.717, 1.165) is 6.61 Å². The van der Waals surface area contributed by atoms with Gasteiger partial charge >= 0.3 is 0 Å². The van der Waals surface area contributed by atoms with Crippen LogP contribution in [0.5, 0.6) is 0 Å². The number of methoxy groups -OCH3 is 1. The fourth-order valence-electron chi connectivity index (χ4n) is 1.43. The summed E-state index contributed by atoms with van der Waals surface area (Å²) in [7, 11) is 1.77. The number of ether oxygens (including phenoxy) is 1. The van der Waals surface area contributed by atoms with Crippen LogP contribution in [0, 0.1) is 0 Å². The van der Waals surface area contributed by atoms with E-state index < -0.39 is 0 Å². The van der Waals surface area contributed by atoms with Gasteiger partial charge in [-0.05, 0) is 32.1 Å². The van der Waals surface area contributed by atoms with Crippen molar-refractivity contribution >= 4 is 0 Å². The van der Waals surface area contributed by atoms with Crippen LogP contribution in [0.3, 0.4) is 0 Å². The third-order valence-corrected chi connectivity index (χ3v) is 2.36. The Kier molecular flexibility index (Phi) is 12.4. The number of hydrogen-bond donors (Lipinski definition) is 0. The van der Waals surface area contributed by atoms with E-state index in [-0.39, 0.29) is 0 Å². The molecular weight excluding hydrogens is 172 g/mol. The quantitative estimate of drug-likeness (QED) is 0.375. The molecule has 0 unspecified atom stereocenters. The molecule has 0 aromatic carbocycles. The van der Waals surface area contributed by atoms with Crippen LogP contribution in [-0.4, -0.2) is 13.7 Å². The van der Waals surface area contributed by atoms with Gasteiger partial charge in [-0.2, -0.15) is 0 Å². The normalized spacial score (nSPS) is 11.3. The second-order valence-corrected chi connectivity index (χ2v) is 3.81. The van der Waals surface area contributed by atoms with Crippen molar-refractivity contribution in [1.29, 1.82) is 0 Å². The minimum atomic E-state index is 0.917. The molecule has 0 aliphatic carbocycles. The summed E-state index contributed by atoms with van der Waals surface area (Å²) in [6, 6.07) is 0. The highest BCUT2D eigenvalue weighted by Gasteiger charge is 1.86. The minimum Gasteiger partial charge on any atom is -0.385 e. The number of rotatable bonds is 10. The van der Waals surface area contributed by atoms with E-state index in [9.17, 15) is 0 Å². The molecule has 0 N–H and O–H groups in total. The van der Waals surface area contributed by atoms with Gasteiger partial charge in [0.15, 0.2) is 0 Å². The van der Waals surface area contributed by atoms with Crippen molar-refractivity contribution in [3.63, 3.8) is 0 Å². The Bertz CT molecular complexity index is 118. The summed E-state index contributed by atoms with van der Waals surface area (Å²) in [5.41, 5.74) is 0. The van der Waals surface area contributed by atoms with Gasteiger partial charge in [-0.3, -0.25) is 0 Å². The van der Waals surface area contributed by atoms with Gasteiger partial charge in [0, 0.05) is 13.7 Å². The maximum Gasteiger partial charge on any atom is 0.0462 e. The Morgan fingerprint density at radius 3 is 2.07 bits per heavy atom. The smallest absolute Gasteiger partial charge is 0.0462 e. The van der Waals surface area contributed by atoms with Crippen LogP contribution in [0.25, 0.3) is 0 Å². The van der Waals surface area contributed by atoms with Gasteiger partial charge in [-0.1, -0.05) is 38.3 Å². The predicted octanol–water partition coefficient (Wildman–Crippen LogP) is 4.33. The van der Waals surface area contributed by atoms with Gasteiger partial charge in [-0.15, -0.1) is 0 Å². The molecule has 14 heavy (non-hydrogen) atoms.